The number of aromatic nitrogens is 3. The van der Waals surface area contributed by atoms with Crippen LogP contribution in [0.5, 0.6) is 0 Å². The second-order valence-corrected chi connectivity index (χ2v) is 5.34. The number of hydrogen-bond acceptors (Lipinski definition) is 3. The van der Waals surface area contributed by atoms with Crippen molar-refractivity contribution >= 4 is 0 Å². The van der Waals surface area contributed by atoms with Crippen molar-refractivity contribution in [2.24, 2.45) is 0 Å². The summed E-state index contributed by atoms with van der Waals surface area (Å²) in [6, 6.07) is 20.1. The van der Waals surface area contributed by atoms with Crippen LogP contribution in [0.15, 0.2) is 71.4 Å². The number of benzene rings is 2. The van der Waals surface area contributed by atoms with Crippen molar-refractivity contribution < 1.29 is 4.52 Å². The van der Waals surface area contributed by atoms with E-state index in [4.69, 9.17) is 4.52 Å². The summed E-state index contributed by atoms with van der Waals surface area (Å²) in [6.45, 7) is 1.91. The van der Waals surface area contributed by atoms with E-state index in [9.17, 15) is 0 Å². The molecule has 0 bridgehead atoms. The van der Waals surface area contributed by atoms with E-state index in [0.717, 1.165) is 39.7 Å². The summed E-state index contributed by atoms with van der Waals surface area (Å²) < 4.78 is 5.42. The van der Waals surface area contributed by atoms with Gasteiger partial charge in [-0.1, -0.05) is 65.8 Å². The van der Waals surface area contributed by atoms with E-state index in [1.165, 1.54) is 0 Å². The summed E-state index contributed by atoms with van der Waals surface area (Å²) in [5.41, 5.74) is 4.75. The van der Waals surface area contributed by atoms with Crippen LogP contribution >= 0.6 is 0 Å². The predicted molar refractivity (Wildman–Crippen MR) is 89.7 cm³/mol. The Kier molecular flexibility index (Phi) is 3.27. The maximum Gasteiger partial charge on any atom is 0.143 e. The molecule has 112 valence electrons. The van der Waals surface area contributed by atoms with Crippen LogP contribution < -0.4 is 0 Å². The van der Waals surface area contributed by atoms with E-state index >= 15 is 0 Å². The molecule has 4 rings (SSSR count). The Hall–Kier alpha value is -3.14. The van der Waals surface area contributed by atoms with Gasteiger partial charge in [-0.15, -0.1) is 0 Å². The first-order valence-corrected chi connectivity index (χ1v) is 7.45. The maximum atomic E-state index is 5.42. The van der Waals surface area contributed by atoms with Crippen molar-refractivity contribution in [1.82, 2.24) is 15.1 Å². The van der Waals surface area contributed by atoms with Crippen molar-refractivity contribution in [3.05, 3.63) is 72.6 Å². The molecule has 0 saturated heterocycles. The first-order chi connectivity index (χ1) is 11.3. The van der Waals surface area contributed by atoms with Crippen molar-refractivity contribution in [1.29, 1.82) is 0 Å². The monoisotopic (exact) mass is 301 g/mol. The van der Waals surface area contributed by atoms with Crippen LogP contribution in [0.25, 0.3) is 33.9 Å². The molecule has 0 spiro atoms. The summed E-state index contributed by atoms with van der Waals surface area (Å²) in [6.07, 6.45) is 1.83. The fourth-order valence-electron chi connectivity index (χ4n) is 2.67. The summed E-state index contributed by atoms with van der Waals surface area (Å²) in [7, 11) is 0. The molecule has 4 nitrogen and oxygen atoms in total. The smallest absolute Gasteiger partial charge is 0.143 e. The number of nitrogens with one attached hydrogen (secondary N) is 1. The molecule has 2 aromatic heterocycles. The third kappa shape index (κ3) is 2.44. The van der Waals surface area contributed by atoms with E-state index in [1.54, 1.807) is 0 Å². The molecule has 0 aliphatic rings. The summed E-state index contributed by atoms with van der Waals surface area (Å²) in [5.74, 6) is 1.60. The number of imidazole rings is 1. The minimum Gasteiger partial charge on any atom is -0.360 e. The van der Waals surface area contributed by atoms with Gasteiger partial charge in [0.15, 0.2) is 0 Å². The topological polar surface area (TPSA) is 54.7 Å². The van der Waals surface area contributed by atoms with Crippen molar-refractivity contribution in [2.45, 2.75) is 6.92 Å². The molecule has 1 N–H and O–H groups in total. The lowest BCUT2D eigenvalue weighted by molar-refractivity contribution is 0.400. The molecule has 0 fully saturated rings. The van der Waals surface area contributed by atoms with Gasteiger partial charge in [0.05, 0.1) is 17.5 Å². The Bertz CT molecular complexity index is 924. The number of nitrogens with zero attached hydrogens (tertiary/aromatic N) is 2. The third-order valence-corrected chi connectivity index (χ3v) is 3.80. The molecule has 4 heteroatoms. The summed E-state index contributed by atoms with van der Waals surface area (Å²) >= 11 is 0. The molecule has 0 aliphatic carbocycles. The average Bonchev–Trinajstić information content (AvgIpc) is 3.23. The molecule has 2 heterocycles. The Morgan fingerprint density at radius 2 is 1.52 bits per heavy atom. The number of H-pyrrole nitrogens is 1. The minimum absolute atomic E-state index is 0.770. The van der Waals surface area contributed by atoms with Gasteiger partial charge in [0.1, 0.15) is 17.3 Å². The van der Waals surface area contributed by atoms with Gasteiger partial charge in [0.2, 0.25) is 0 Å². The molecular weight excluding hydrogens is 286 g/mol. The molecule has 0 radical (unpaired) electrons. The van der Waals surface area contributed by atoms with Crippen LogP contribution in [0, 0.1) is 6.92 Å². The van der Waals surface area contributed by atoms with Crippen LogP contribution in [0.1, 0.15) is 5.76 Å². The second kappa shape index (κ2) is 5.57. The first kappa shape index (κ1) is 13.5. The highest BCUT2D eigenvalue weighted by Crippen LogP contribution is 2.34. The van der Waals surface area contributed by atoms with Crippen molar-refractivity contribution in [3.8, 4) is 33.9 Å². The van der Waals surface area contributed by atoms with Gasteiger partial charge in [0.25, 0.3) is 0 Å². The fraction of sp³-hybridized carbons (Fsp3) is 0.0526. The molecule has 0 saturated carbocycles. The molecule has 0 atom stereocenters. The van der Waals surface area contributed by atoms with Crippen LogP contribution in [0.3, 0.4) is 0 Å². The lowest BCUT2D eigenvalue weighted by Gasteiger charge is -2.00. The third-order valence-electron chi connectivity index (χ3n) is 3.80. The molecule has 2 aromatic carbocycles. The lowest BCUT2D eigenvalue weighted by atomic mass is 10.0. The van der Waals surface area contributed by atoms with Gasteiger partial charge in [-0.25, -0.2) is 4.98 Å². The molecule has 0 amide bonds. The van der Waals surface area contributed by atoms with Crippen LogP contribution in [-0.2, 0) is 0 Å². The fourth-order valence-corrected chi connectivity index (χ4v) is 2.67. The van der Waals surface area contributed by atoms with Crippen LogP contribution in [-0.4, -0.2) is 15.1 Å². The van der Waals surface area contributed by atoms with Gasteiger partial charge >= 0.3 is 0 Å². The Labute approximate surface area is 133 Å². The second-order valence-electron chi connectivity index (χ2n) is 5.34. The SMILES string of the molecule is Cc1onc(-c2ccccc2)c1-c1cnc(-c2ccccc2)[nH]1. The zero-order valence-electron chi connectivity index (χ0n) is 12.7. The van der Waals surface area contributed by atoms with Gasteiger partial charge in [-0.3, -0.25) is 0 Å². The number of aromatic amines is 1. The normalized spacial score (nSPS) is 10.8. The van der Waals surface area contributed by atoms with Crippen LogP contribution in [0.4, 0.5) is 0 Å². The van der Waals surface area contributed by atoms with Crippen LogP contribution in [0.2, 0.25) is 0 Å². The minimum atomic E-state index is 0.770. The standard InChI is InChI=1S/C19H15N3O/c1-13-17(18(22-23-13)14-8-4-2-5-9-14)16-12-20-19(21-16)15-10-6-3-7-11-15/h2-12H,1H3,(H,20,21). The zero-order valence-corrected chi connectivity index (χ0v) is 12.7. The Balaban J connectivity index is 1.81. The quantitative estimate of drug-likeness (QED) is 0.596. The van der Waals surface area contributed by atoms with Crippen molar-refractivity contribution in [3.63, 3.8) is 0 Å². The van der Waals surface area contributed by atoms with Gasteiger partial charge < -0.3 is 9.51 Å². The highest BCUT2D eigenvalue weighted by atomic mass is 16.5. The Morgan fingerprint density at radius 1 is 0.870 bits per heavy atom. The first-order valence-electron chi connectivity index (χ1n) is 7.45. The van der Waals surface area contributed by atoms with Gasteiger partial charge in [-0.2, -0.15) is 0 Å². The maximum absolute atomic E-state index is 5.42. The Morgan fingerprint density at radius 3 is 2.22 bits per heavy atom. The van der Waals surface area contributed by atoms with E-state index in [2.05, 4.69) is 15.1 Å². The van der Waals surface area contributed by atoms with Gasteiger partial charge in [0, 0.05) is 11.1 Å². The average molecular weight is 301 g/mol. The van der Waals surface area contributed by atoms with E-state index < -0.39 is 0 Å². The largest absolute Gasteiger partial charge is 0.360 e. The van der Waals surface area contributed by atoms with Gasteiger partial charge in [-0.05, 0) is 6.92 Å². The van der Waals surface area contributed by atoms with E-state index in [1.807, 2.05) is 73.8 Å². The summed E-state index contributed by atoms with van der Waals surface area (Å²) in [5, 5.41) is 4.22. The number of rotatable bonds is 3. The molecule has 4 aromatic rings. The predicted octanol–water partition coefficient (Wildman–Crippen LogP) is 4.71. The lowest BCUT2D eigenvalue weighted by Crippen LogP contribution is -1.85. The highest BCUT2D eigenvalue weighted by molar-refractivity contribution is 5.80. The highest BCUT2D eigenvalue weighted by Gasteiger charge is 2.18. The molecule has 0 aliphatic heterocycles. The van der Waals surface area contributed by atoms with E-state index in [-0.39, 0.29) is 0 Å². The number of hydrogen-bond donors (Lipinski definition) is 1. The molecule has 0 unspecified atom stereocenters. The van der Waals surface area contributed by atoms with E-state index in [0.29, 0.717) is 0 Å². The zero-order chi connectivity index (χ0) is 15.6. The number of aryl methyl sites for hydroxylation is 1. The molecular formula is C19H15N3O. The molecule has 23 heavy (non-hydrogen) atoms. The summed E-state index contributed by atoms with van der Waals surface area (Å²) in [4.78, 5) is 7.87. The van der Waals surface area contributed by atoms with Crippen molar-refractivity contribution in [2.75, 3.05) is 0 Å².